The van der Waals surface area contributed by atoms with Gasteiger partial charge in [-0.3, -0.25) is 4.79 Å². The highest BCUT2D eigenvalue weighted by Gasteiger charge is 2.39. The predicted molar refractivity (Wildman–Crippen MR) is 53.2 cm³/mol. The van der Waals surface area contributed by atoms with Crippen LogP contribution in [0.1, 0.15) is 26.7 Å². The number of aliphatic carboxylic acids is 1. The summed E-state index contributed by atoms with van der Waals surface area (Å²) >= 11 is 0. The number of methoxy groups -OCH3 is 1. The fourth-order valence-corrected chi connectivity index (χ4v) is 1.87. The fourth-order valence-electron chi connectivity index (χ4n) is 1.87. The first kappa shape index (κ1) is 11.5. The Morgan fingerprint density at radius 2 is 2.21 bits per heavy atom. The van der Waals surface area contributed by atoms with Gasteiger partial charge in [0.05, 0.1) is 12.5 Å². The van der Waals surface area contributed by atoms with E-state index in [2.05, 4.69) is 5.32 Å². The minimum Gasteiger partial charge on any atom is -0.481 e. The van der Waals surface area contributed by atoms with E-state index in [0.717, 1.165) is 12.8 Å². The van der Waals surface area contributed by atoms with Crippen molar-refractivity contribution in [2.45, 2.75) is 38.3 Å². The number of hydrogen-bond donors (Lipinski definition) is 2. The third-order valence-electron chi connectivity index (χ3n) is 2.67. The van der Waals surface area contributed by atoms with Gasteiger partial charge in [-0.15, -0.1) is 0 Å². The van der Waals surface area contributed by atoms with Crippen LogP contribution in [-0.2, 0) is 9.53 Å². The molecular formula is C10H19NO3. The van der Waals surface area contributed by atoms with Crippen LogP contribution in [-0.4, -0.2) is 36.4 Å². The topological polar surface area (TPSA) is 58.6 Å². The van der Waals surface area contributed by atoms with Crippen LogP contribution in [0.4, 0.5) is 0 Å². The molecule has 2 unspecified atom stereocenters. The van der Waals surface area contributed by atoms with Crippen molar-refractivity contribution < 1.29 is 14.6 Å². The lowest BCUT2D eigenvalue weighted by atomic mass is 9.78. The lowest BCUT2D eigenvalue weighted by Crippen LogP contribution is -2.57. The molecule has 0 heterocycles. The molecule has 1 aliphatic carbocycles. The lowest BCUT2D eigenvalue weighted by Gasteiger charge is -2.40. The molecule has 1 aliphatic rings. The lowest BCUT2D eigenvalue weighted by molar-refractivity contribution is -0.146. The zero-order valence-corrected chi connectivity index (χ0v) is 9.04. The number of carboxylic acids is 1. The molecule has 0 bridgehead atoms. The molecule has 0 saturated heterocycles. The van der Waals surface area contributed by atoms with Gasteiger partial charge in [-0.1, -0.05) is 0 Å². The van der Waals surface area contributed by atoms with Crippen LogP contribution in [0, 0.1) is 5.92 Å². The van der Waals surface area contributed by atoms with E-state index in [1.54, 1.807) is 7.11 Å². The molecule has 0 aromatic carbocycles. The molecule has 2 N–H and O–H groups in total. The van der Waals surface area contributed by atoms with E-state index in [1.807, 2.05) is 13.8 Å². The molecule has 1 rings (SSSR count). The Labute approximate surface area is 84.6 Å². The van der Waals surface area contributed by atoms with Crippen molar-refractivity contribution in [2.24, 2.45) is 5.92 Å². The Morgan fingerprint density at radius 3 is 2.57 bits per heavy atom. The van der Waals surface area contributed by atoms with Gasteiger partial charge < -0.3 is 15.2 Å². The molecule has 82 valence electrons. The summed E-state index contributed by atoms with van der Waals surface area (Å²) < 4.78 is 5.06. The van der Waals surface area contributed by atoms with Gasteiger partial charge in [-0.05, 0) is 26.7 Å². The van der Waals surface area contributed by atoms with E-state index >= 15 is 0 Å². The molecule has 2 atom stereocenters. The van der Waals surface area contributed by atoms with Crippen LogP contribution in [0.15, 0.2) is 0 Å². The Balaban J connectivity index is 2.41. The maximum Gasteiger partial charge on any atom is 0.308 e. The Kier molecular flexibility index (Phi) is 3.50. The number of rotatable bonds is 5. The third-order valence-corrected chi connectivity index (χ3v) is 2.67. The summed E-state index contributed by atoms with van der Waals surface area (Å²) in [6.07, 6.45) is 1.74. The van der Waals surface area contributed by atoms with Crippen molar-refractivity contribution in [1.82, 2.24) is 5.32 Å². The van der Waals surface area contributed by atoms with Crippen molar-refractivity contribution in [3.8, 4) is 0 Å². The molecule has 14 heavy (non-hydrogen) atoms. The summed E-state index contributed by atoms with van der Waals surface area (Å²) in [6.45, 7) is 4.64. The van der Waals surface area contributed by atoms with Gasteiger partial charge in [-0.25, -0.2) is 0 Å². The van der Waals surface area contributed by atoms with Crippen molar-refractivity contribution in [1.29, 1.82) is 0 Å². The first-order valence-electron chi connectivity index (χ1n) is 4.96. The van der Waals surface area contributed by atoms with Crippen LogP contribution < -0.4 is 5.32 Å². The maximum atomic E-state index is 10.8. The zero-order valence-electron chi connectivity index (χ0n) is 9.04. The average molecular weight is 201 g/mol. The second-order valence-electron chi connectivity index (χ2n) is 4.59. The molecule has 1 saturated carbocycles. The number of nitrogens with one attached hydrogen (secondary N) is 1. The maximum absolute atomic E-state index is 10.8. The number of carbonyl (C=O) groups is 1. The molecule has 0 spiro atoms. The van der Waals surface area contributed by atoms with E-state index in [1.165, 1.54) is 0 Å². The summed E-state index contributed by atoms with van der Waals surface area (Å²) in [5.41, 5.74) is -0.145. The second kappa shape index (κ2) is 4.28. The molecule has 1 fully saturated rings. The van der Waals surface area contributed by atoms with Gasteiger partial charge in [-0.2, -0.15) is 0 Å². The first-order chi connectivity index (χ1) is 6.46. The van der Waals surface area contributed by atoms with E-state index < -0.39 is 5.97 Å². The van der Waals surface area contributed by atoms with Gasteiger partial charge in [0, 0.05) is 18.7 Å². The second-order valence-corrected chi connectivity index (χ2v) is 4.59. The summed E-state index contributed by atoms with van der Waals surface area (Å²) in [5.74, 6) is -0.909. The summed E-state index contributed by atoms with van der Waals surface area (Å²) in [4.78, 5) is 10.8. The smallest absolute Gasteiger partial charge is 0.308 e. The van der Waals surface area contributed by atoms with E-state index in [-0.39, 0.29) is 17.5 Å². The minimum atomic E-state index is -0.693. The van der Waals surface area contributed by atoms with E-state index in [4.69, 9.17) is 9.84 Å². The normalized spacial score (nSPS) is 27.1. The van der Waals surface area contributed by atoms with Crippen molar-refractivity contribution in [3.05, 3.63) is 0 Å². The summed E-state index contributed by atoms with van der Waals surface area (Å²) in [5, 5.41) is 12.2. The largest absolute Gasteiger partial charge is 0.481 e. The highest BCUT2D eigenvalue weighted by Crippen LogP contribution is 2.29. The minimum absolute atomic E-state index is 0.109. The molecule has 4 heteroatoms. The number of hydrogen-bond acceptors (Lipinski definition) is 3. The summed E-state index contributed by atoms with van der Waals surface area (Å²) in [7, 11) is 1.65. The first-order valence-corrected chi connectivity index (χ1v) is 4.96. The van der Waals surface area contributed by atoms with Crippen molar-refractivity contribution in [3.63, 3.8) is 0 Å². The van der Waals surface area contributed by atoms with Crippen LogP contribution in [0.3, 0.4) is 0 Å². The average Bonchev–Trinajstić information content (AvgIpc) is 1.97. The van der Waals surface area contributed by atoms with Gasteiger partial charge in [0.2, 0.25) is 0 Å². The standard InChI is InChI=1S/C10H19NO3/c1-10(2,6-14-3)11-8-5-4-7(8)9(12)13/h7-8,11H,4-6H2,1-3H3,(H,12,13). The van der Waals surface area contributed by atoms with Gasteiger partial charge >= 0.3 is 5.97 Å². The Morgan fingerprint density at radius 1 is 1.57 bits per heavy atom. The van der Waals surface area contributed by atoms with Crippen LogP contribution in [0.2, 0.25) is 0 Å². The van der Waals surface area contributed by atoms with Gasteiger partial charge in [0.15, 0.2) is 0 Å². The molecular weight excluding hydrogens is 182 g/mol. The van der Waals surface area contributed by atoms with Gasteiger partial charge in [0.1, 0.15) is 0 Å². The van der Waals surface area contributed by atoms with Crippen LogP contribution in [0.25, 0.3) is 0 Å². The monoisotopic (exact) mass is 201 g/mol. The molecule has 0 radical (unpaired) electrons. The fraction of sp³-hybridized carbons (Fsp3) is 0.900. The Hall–Kier alpha value is -0.610. The van der Waals surface area contributed by atoms with E-state index in [0.29, 0.717) is 6.61 Å². The van der Waals surface area contributed by atoms with Crippen LogP contribution in [0.5, 0.6) is 0 Å². The highest BCUT2D eigenvalue weighted by molar-refractivity contribution is 5.72. The van der Waals surface area contributed by atoms with Crippen molar-refractivity contribution >= 4 is 5.97 Å². The Bertz CT molecular complexity index is 215. The van der Waals surface area contributed by atoms with Crippen LogP contribution >= 0.6 is 0 Å². The van der Waals surface area contributed by atoms with Crippen molar-refractivity contribution in [2.75, 3.05) is 13.7 Å². The van der Waals surface area contributed by atoms with E-state index in [9.17, 15) is 4.79 Å². The predicted octanol–water partition coefficient (Wildman–Crippen LogP) is 0.864. The quantitative estimate of drug-likeness (QED) is 0.692. The molecule has 0 aromatic rings. The number of ether oxygens (including phenoxy) is 1. The SMILES string of the molecule is COCC(C)(C)NC1CCC1C(=O)O. The summed E-state index contributed by atoms with van der Waals surface area (Å²) in [6, 6.07) is 0.109. The molecule has 0 amide bonds. The third kappa shape index (κ3) is 2.69. The molecule has 4 nitrogen and oxygen atoms in total. The number of carboxylic acid groups (broad SMARTS) is 1. The zero-order chi connectivity index (χ0) is 10.8. The molecule has 0 aliphatic heterocycles. The molecule has 0 aromatic heterocycles. The highest BCUT2D eigenvalue weighted by atomic mass is 16.5. The van der Waals surface area contributed by atoms with Gasteiger partial charge in [0.25, 0.3) is 0 Å².